The van der Waals surface area contributed by atoms with Crippen molar-refractivity contribution in [3.63, 3.8) is 0 Å². The minimum atomic E-state index is -0.328. The van der Waals surface area contributed by atoms with E-state index in [0.717, 1.165) is 34.6 Å². The van der Waals surface area contributed by atoms with Gasteiger partial charge in [0.25, 0.3) is 0 Å². The minimum Gasteiger partial charge on any atom is -0.378 e. The van der Waals surface area contributed by atoms with E-state index >= 15 is 0 Å². The zero-order chi connectivity index (χ0) is 23.0. The molecule has 2 heterocycles. The normalized spacial score (nSPS) is 22.2. The number of rotatable bonds is 3. The fourth-order valence-corrected chi connectivity index (χ4v) is 5.27. The van der Waals surface area contributed by atoms with Crippen LogP contribution in [0.5, 0.6) is 0 Å². The largest absolute Gasteiger partial charge is 0.378 e. The number of anilines is 2. The van der Waals surface area contributed by atoms with Crippen molar-refractivity contribution in [1.29, 1.82) is 0 Å². The number of carbonyl (C=O) groups excluding carboxylic acids is 2. The van der Waals surface area contributed by atoms with Gasteiger partial charge in [-0.05, 0) is 29.5 Å². The highest BCUT2D eigenvalue weighted by Crippen LogP contribution is 2.48. The fraction of sp³-hybridized carbons (Fsp3) is 0.407. The molecule has 1 saturated heterocycles. The molecule has 1 fully saturated rings. The van der Waals surface area contributed by atoms with Crippen LogP contribution < -0.4 is 10.2 Å². The summed E-state index contributed by atoms with van der Waals surface area (Å²) in [5.41, 5.74) is 4.53. The van der Waals surface area contributed by atoms with Crippen LogP contribution in [0.25, 0.3) is 0 Å². The van der Waals surface area contributed by atoms with Gasteiger partial charge in [0, 0.05) is 30.8 Å². The summed E-state index contributed by atoms with van der Waals surface area (Å²) in [6.07, 6.45) is 1.29. The van der Waals surface area contributed by atoms with Gasteiger partial charge in [-0.1, -0.05) is 56.3 Å². The zero-order valence-electron chi connectivity index (χ0n) is 19.3. The van der Waals surface area contributed by atoms with Crippen molar-refractivity contribution in [3.05, 3.63) is 71.4 Å². The van der Waals surface area contributed by atoms with Crippen molar-refractivity contribution in [2.75, 3.05) is 43.1 Å². The van der Waals surface area contributed by atoms with Crippen molar-refractivity contribution in [2.45, 2.75) is 32.7 Å². The Balaban J connectivity index is 1.65. The van der Waals surface area contributed by atoms with Gasteiger partial charge >= 0.3 is 0 Å². The van der Waals surface area contributed by atoms with Crippen LogP contribution in [0.15, 0.2) is 65.9 Å². The first kappa shape index (κ1) is 21.7. The van der Waals surface area contributed by atoms with Crippen LogP contribution in [0.1, 0.15) is 38.3 Å². The molecule has 5 rings (SSSR count). The lowest BCUT2D eigenvalue weighted by molar-refractivity contribution is -0.133. The van der Waals surface area contributed by atoms with Gasteiger partial charge in [0.05, 0.1) is 37.2 Å². The fourth-order valence-electron chi connectivity index (χ4n) is 5.27. The number of carbonyl (C=O) groups is 2. The number of para-hydroxylation sites is 2. The van der Waals surface area contributed by atoms with E-state index in [1.54, 1.807) is 0 Å². The lowest BCUT2D eigenvalue weighted by atomic mass is 9.73. The van der Waals surface area contributed by atoms with Gasteiger partial charge in [0.15, 0.2) is 5.78 Å². The number of amides is 1. The molecule has 0 bridgehead atoms. The average molecular weight is 446 g/mol. The Morgan fingerprint density at radius 1 is 1.03 bits per heavy atom. The van der Waals surface area contributed by atoms with E-state index in [2.05, 4.69) is 36.2 Å². The highest BCUT2D eigenvalue weighted by atomic mass is 16.5. The number of benzene rings is 2. The van der Waals surface area contributed by atoms with Gasteiger partial charge in [-0.25, -0.2) is 0 Å². The molecule has 2 aromatic rings. The van der Waals surface area contributed by atoms with Gasteiger partial charge in [-0.3, -0.25) is 9.59 Å². The summed E-state index contributed by atoms with van der Waals surface area (Å²) < 4.78 is 5.44. The first-order chi connectivity index (χ1) is 15.9. The molecule has 33 heavy (non-hydrogen) atoms. The summed E-state index contributed by atoms with van der Waals surface area (Å²) in [6, 6.07) is 17.8. The Morgan fingerprint density at radius 2 is 1.73 bits per heavy atom. The molecule has 6 heteroatoms. The predicted octanol–water partition coefficient (Wildman–Crippen LogP) is 4.16. The lowest BCUT2D eigenvalue weighted by Crippen LogP contribution is -2.47. The Labute approximate surface area is 195 Å². The van der Waals surface area contributed by atoms with Gasteiger partial charge in [-0.15, -0.1) is 0 Å². The van der Waals surface area contributed by atoms with Gasteiger partial charge in [0.2, 0.25) is 5.91 Å². The first-order valence-electron chi connectivity index (χ1n) is 11.7. The Kier molecular flexibility index (Phi) is 5.71. The van der Waals surface area contributed by atoms with E-state index in [9.17, 15) is 9.59 Å². The van der Waals surface area contributed by atoms with Crippen molar-refractivity contribution in [3.8, 4) is 0 Å². The molecule has 0 saturated carbocycles. The number of nitrogens with zero attached hydrogens (tertiary/aromatic N) is 2. The van der Waals surface area contributed by atoms with Gasteiger partial charge < -0.3 is 19.9 Å². The molecule has 1 aliphatic carbocycles. The topological polar surface area (TPSA) is 61.9 Å². The molecule has 3 aliphatic rings. The van der Waals surface area contributed by atoms with E-state index in [1.165, 1.54) is 0 Å². The molecular formula is C27H31N3O3. The number of morpholine rings is 1. The van der Waals surface area contributed by atoms with E-state index in [4.69, 9.17) is 4.74 Å². The molecule has 0 aromatic heterocycles. The minimum absolute atomic E-state index is 0.0571. The summed E-state index contributed by atoms with van der Waals surface area (Å²) in [4.78, 5) is 31.0. The second kappa shape index (κ2) is 8.67. The highest BCUT2D eigenvalue weighted by molar-refractivity contribution is 6.01. The van der Waals surface area contributed by atoms with E-state index in [0.29, 0.717) is 32.7 Å². The third-order valence-electron chi connectivity index (χ3n) is 6.79. The van der Waals surface area contributed by atoms with Crippen molar-refractivity contribution < 1.29 is 14.3 Å². The molecular weight excluding hydrogens is 414 g/mol. The van der Waals surface area contributed by atoms with Crippen molar-refractivity contribution >= 4 is 23.1 Å². The quantitative estimate of drug-likeness (QED) is 0.769. The van der Waals surface area contributed by atoms with E-state index in [-0.39, 0.29) is 29.7 Å². The van der Waals surface area contributed by atoms with Crippen LogP contribution in [0, 0.1) is 5.41 Å². The number of fused-ring (bicyclic) bond motifs is 1. The maximum absolute atomic E-state index is 13.6. The standard InChI is InChI=1S/C27H31N3O3/c1-27(2)16-21-25(23(31)17-27)26(19-8-4-3-5-9-19)30(22-11-7-6-10-20(22)28-21)18-24(32)29-12-14-33-15-13-29/h3-11,26,28H,12-18H2,1-2H3. The van der Waals surface area contributed by atoms with Gasteiger partial charge in [-0.2, -0.15) is 0 Å². The molecule has 1 N–H and O–H groups in total. The number of hydrogen-bond acceptors (Lipinski definition) is 5. The summed E-state index contributed by atoms with van der Waals surface area (Å²) in [5, 5.41) is 3.60. The molecule has 0 radical (unpaired) electrons. The summed E-state index contributed by atoms with van der Waals surface area (Å²) in [6.45, 7) is 6.82. The number of ketones is 1. The average Bonchev–Trinajstić information content (AvgIpc) is 2.94. The van der Waals surface area contributed by atoms with Crippen LogP contribution in [0.3, 0.4) is 0 Å². The molecule has 6 nitrogen and oxygen atoms in total. The summed E-state index contributed by atoms with van der Waals surface area (Å²) >= 11 is 0. The second-order valence-electron chi connectivity index (χ2n) is 9.91. The maximum atomic E-state index is 13.6. The number of hydrogen-bond donors (Lipinski definition) is 1. The Hall–Kier alpha value is -3.12. The molecule has 1 unspecified atom stereocenters. The van der Waals surface area contributed by atoms with E-state index < -0.39 is 0 Å². The van der Waals surface area contributed by atoms with E-state index in [1.807, 2.05) is 47.4 Å². The predicted molar refractivity (Wildman–Crippen MR) is 129 cm³/mol. The summed E-state index contributed by atoms with van der Waals surface area (Å²) in [7, 11) is 0. The van der Waals surface area contributed by atoms with Gasteiger partial charge in [0.1, 0.15) is 0 Å². The molecule has 2 aliphatic heterocycles. The van der Waals surface area contributed by atoms with Crippen LogP contribution >= 0.6 is 0 Å². The smallest absolute Gasteiger partial charge is 0.242 e. The van der Waals surface area contributed by atoms with Crippen molar-refractivity contribution in [2.24, 2.45) is 5.41 Å². The van der Waals surface area contributed by atoms with Crippen LogP contribution in [0.4, 0.5) is 11.4 Å². The third kappa shape index (κ3) is 4.27. The third-order valence-corrected chi connectivity index (χ3v) is 6.79. The van der Waals surface area contributed by atoms with Crippen LogP contribution in [0.2, 0.25) is 0 Å². The maximum Gasteiger partial charge on any atom is 0.242 e. The first-order valence-corrected chi connectivity index (χ1v) is 11.7. The molecule has 172 valence electrons. The number of nitrogens with one attached hydrogen (secondary N) is 1. The monoisotopic (exact) mass is 445 g/mol. The Morgan fingerprint density at radius 3 is 2.48 bits per heavy atom. The van der Waals surface area contributed by atoms with Crippen molar-refractivity contribution in [1.82, 2.24) is 4.90 Å². The number of Topliss-reactive ketones (excluding diaryl/α,β-unsaturated/α-hetero) is 1. The number of allylic oxidation sites excluding steroid dienone is 1. The van der Waals surface area contributed by atoms with Crippen LogP contribution in [-0.2, 0) is 14.3 Å². The molecule has 1 atom stereocenters. The summed E-state index contributed by atoms with van der Waals surface area (Å²) in [5.74, 6) is 0.209. The van der Waals surface area contributed by atoms with Crippen LogP contribution in [-0.4, -0.2) is 49.4 Å². The molecule has 1 amide bonds. The number of ether oxygens (including phenoxy) is 1. The molecule has 2 aromatic carbocycles. The second-order valence-corrected chi connectivity index (χ2v) is 9.91. The molecule has 0 spiro atoms. The lowest BCUT2D eigenvalue weighted by Gasteiger charge is -2.39. The highest BCUT2D eigenvalue weighted by Gasteiger charge is 2.42. The SMILES string of the molecule is CC1(C)CC(=O)C2=C(C1)Nc1ccccc1N(CC(=O)N1CCOCC1)C2c1ccccc1. The zero-order valence-corrected chi connectivity index (χ0v) is 19.3. The Bertz CT molecular complexity index is 1090.